The molecule has 0 saturated heterocycles. The third kappa shape index (κ3) is 3.88. The van der Waals surface area contributed by atoms with Gasteiger partial charge in [0.2, 0.25) is 5.76 Å². The zero-order chi connectivity index (χ0) is 14.8. The van der Waals surface area contributed by atoms with Crippen molar-refractivity contribution in [3.05, 3.63) is 47.7 Å². The number of ether oxygens (including phenoxy) is 1. The van der Waals surface area contributed by atoms with Crippen LogP contribution >= 0.6 is 0 Å². The number of rotatable bonds is 3. The van der Waals surface area contributed by atoms with E-state index in [0.717, 1.165) is 6.42 Å². The number of anilines is 1. The largest absolute Gasteiger partial charge is 0.434 e. The quantitative estimate of drug-likeness (QED) is 0.684. The molecule has 2 aromatic rings. The van der Waals surface area contributed by atoms with Crippen molar-refractivity contribution in [3.8, 4) is 5.75 Å². The van der Waals surface area contributed by atoms with E-state index in [0.29, 0.717) is 5.75 Å². The molecule has 0 aliphatic carbocycles. The zero-order valence-corrected chi connectivity index (χ0v) is 12.0. The second-order valence-corrected chi connectivity index (χ2v) is 5.97. The highest BCUT2D eigenvalue weighted by atomic mass is 16.5. The molecule has 0 amide bonds. The van der Waals surface area contributed by atoms with Gasteiger partial charge in [-0.05, 0) is 35.6 Å². The number of esters is 1. The van der Waals surface area contributed by atoms with Crippen LogP contribution < -0.4 is 10.5 Å². The minimum atomic E-state index is -0.551. The van der Waals surface area contributed by atoms with E-state index in [9.17, 15) is 4.79 Å². The van der Waals surface area contributed by atoms with E-state index in [2.05, 4.69) is 20.8 Å². The molecule has 4 heteroatoms. The third-order valence-electron chi connectivity index (χ3n) is 2.70. The van der Waals surface area contributed by atoms with Gasteiger partial charge < -0.3 is 14.9 Å². The van der Waals surface area contributed by atoms with Crippen LogP contribution in [-0.2, 0) is 6.42 Å². The van der Waals surface area contributed by atoms with Crippen molar-refractivity contribution in [2.75, 3.05) is 5.73 Å². The molecule has 0 atom stereocenters. The van der Waals surface area contributed by atoms with Gasteiger partial charge in [-0.15, -0.1) is 0 Å². The Morgan fingerprint density at radius 3 is 2.30 bits per heavy atom. The van der Waals surface area contributed by atoms with E-state index < -0.39 is 5.97 Å². The van der Waals surface area contributed by atoms with Crippen molar-refractivity contribution < 1.29 is 13.9 Å². The maximum atomic E-state index is 11.8. The Labute approximate surface area is 118 Å². The fourth-order valence-corrected chi connectivity index (χ4v) is 1.91. The van der Waals surface area contributed by atoms with E-state index in [1.807, 2.05) is 12.1 Å². The van der Waals surface area contributed by atoms with Crippen molar-refractivity contribution in [2.24, 2.45) is 5.41 Å². The molecule has 1 aromatic carbocycles. The molecular weight excluding hydrogens is 254 g/mol. The molecule has 0 fully saturated rings. The maximum Gasteiger partial charge on any atom is 0.379 e. The molecule has 106 valence electrons. The molecule has 20 heavy (non-hydrogen) atoms. The Balaban J connectivity index is 2.02. The maximum absolute atomic E-state index is 11.8. The van der Waals surface area contributed by atoms with Crippen LogP contribution in [0.15, 0.2) is 40.8 Å². The zero-order valence-electron chi connectivity index (χ0n) is 12.0. The number of hydrogen-bond donors (Lipinski definition) is 1. The number of furan rings is 1. The summed E-state index contributed by atoms with van der Waals surface area (Å²) in [6.45, 7) is 6.55. The summed E-state index contributed by atoms with van der Waals surface area (Å²) >= 11 is 0. The second-order valence-electron chi connectivity index (χ2n) is 5.97. The minimum absolute atomic E-state index is 0.0984. The van der Waals surface area contributed by atoms with Gasteiger partial charge in [-0.1, -0.05) is 32.9 Å². The molecule has 1 heterocycles. The van der Waals surface area contributed by atoms with Gasteiger partial charge in [0.15, 0.2) is 5.88 Å². The van der Waals surface area contributed by atoms with Gasteiger partial charge in [-0.2, -0.15) is 0 Å². The lowest BCUT2D eigenvalue weighted by Crippen LogP contribution is -2.09. The Kier molecular flexibility index (Phi) is 3.84. The first-order chi connectivity index (χ1) is 9.33. The fourth-order valence-electron chi connectivity index (χ4n) is 1.91. The highest BCUT2D eigenvalue weighted by molar-refractivity contribution is 5.88. The lowest BCUT2D eigenvalue weighted by atomic mass is 9.88. The van der Waals surface area contributed by atoms with Gasteiger partial charge in [0.25, 0.3) is 0 Å². The van der Waals surface area contributed by atoms with E-state index >= 15 is 0 Å². The van der Waals surface area contributed by atoms with Crippen LogP contribution in [0.3, 0.4) is 0 Å². The summed E-state index contributed by atoms with van der Waals surface area (Å²) in [6, 6.07) is 10.5. The van der Waals surface area contributed by atoms with E-state index in [1.54, 1.807) is 12.1 Å². The standard InChI is InChI=1S/C16H19NO3/c1-16(2,3)10-11-4-6-12(7-5-11)19-15(18)13-8-9-14(17)20-13/h4-9H,10,17H2,1-3H3. The van der Waals surface area contributed by atoms with E-state index in [1.165, 1.54) is 17.7 Å². The number of nitrogen functional groups attached to an aromatic ring is 1. The number of nitrogens with two attached hydrogens (primary N) is 1. The van der Waals surface area contributed by atoms with Crippen LogP contribution in [0.4, 0.5) is 5.88 Å². The van der Waals surface area contributed by atoms with Crippen LogP contribution in [-0.4, -0.2) is 5.97 Å². The Hall–Kier alpha value is -2.23. The van der Waals surface area contributed by atoms with Crippen LogP contribution in [0, 0.1) is 5.41 Å². The highest BCUT2D eigenvalue weighted by Gasteiger charge is 2.14. The minimum Gasteiger partial charge on any atom is -0.434 e. The van der Waals surface area contributed by atoms with Crippen molar-refractivity contribution in [1.29, 1.82) is 0 Å². The van der Waals surface area contributed by atoms with E-state index in [-0.39, 0.29) is 17.1 Å². The molecule has 1 aromatic heterocycles. The second kappa shape index (κ2) is 5.41. The average Bonchev–Trinajstić information content (AvgIpc) is 2.77. The number of hydrogen-bond acceptors (Lipinski definition) is 4. The summed E-state index contributed by atoms with van der Waals surface area (Å²) in [5.41, 5.74) is 6.85. The predicted octanol–water partition coefficient (Wildman–Crippen LogP) is 3.67. The van der Waals surface area contributed by atoms with Crippen molar-refractivity contribution in [1.82, 2.24) is 0 Å². The summed E-state index contributed by atoms with van der Waals surface area (Å²) in [4.78, 5) is 11.8. The highest BCUT2D eigenvalue weighted by Crippen LogP contribution is 2.22. The molecule has 0 aliphatic rings. The Morgan fingerprint density at radius 2 is 1.80 bits per heavy atom. The first-order valence-corrected chi connectivity index (χ1v) is 6.50. The number of carbonyl (C=O) groups excluding carboxylic acids is 1. The molecule has 0 unspecified atom stereocenters. The monoisotopic (exact) mass is 273 g/mol. The van der Waals surface area contributed by atoms with Gasteiger partial charge in [0, 0.05) is 6.07 Å². The summed E-state index contributed by atoms with van der Waals surface area (Å²) in [7, 11) is 0. The van der Waals surface area contributed by atoms with Crippen LogP contribution in [0.1, 0.15) is 36.9 Å². The topological polar surface area (TPSA) is 65.5 Å². The first-order valence-electron chi connectivity index (χ1n) is 6.50. The summed E-state index contributed by atoms with van der Waals surface area (Å²) < 4.78 is 10.2. The van der Waals surface area contributed by atoms with Crippen LogP contribution in [0.5, 0.6) is 5.75 Å². The average molecular weight is 273 g/mol. The van der Waals surface area contributed by atoms with Gasteiger partial charge in [0.05, 0.1) is 0 Å². The predicted molar refractivity (Wildman–Crippen MR) is 77.7 cm³/mol. The molecule has 0 spiro atoms. The number of carbonyl (C=O) groups is 1. The third-order valence-corrected chi connectivity index (χ3v) is 2.70. The van der Waals surface area contributed by atoms with Crippen LogP contribution in [0.25, 0.3) is 0 Å². The van der Waals surface area contributed by atoms with E-state index in [4.69, 9.17) is 14.9 Å². The van der Waals surface area contributed by atoms with Gasteiger partial charge >= 0.3 is 5.97 Å². The Morgan fingerprint density at radius 1 is 1.15 bits per heavy atom. The molecule has 0 aliphatic heterocycles. The first kappa shape index (κ1) is 14.2. The van der Waals surface area contributed by atoms with Gasteiger partial charge in [0.1, 0.15) is 5.75 Å². The molecule has 4 nitrogen and oxygen atoms in total. The normalized spacial score (nSPS) is 11.3. The summed E-state index contributed by atoms with van der Waals surface area (Å²) in [6.07, 6.45) is 0.968. The SMILES string of the molecule is CC(C)(C)Cc1ccc(OC(=O)c2ccc(N)o2)cc1. The lowest BCUT2D eigenvalue weighted by Gasteiger charge is -2.18. The van der Waals surface area contributed by atoms with Crippen molar-refractivity contribution in [2.45, 2.75) is 27.2 Å². The molecule has 0 bridgehead atoms. The Bertz CT molecular complexity index is 591. The molecule has 0 radical (unpaired) electrons. The van der Waals surface area contributed by atoms with Crippen LogP contribution in [0.2, 0.25) is 0 Å². The summed E-state index contributed by atoms with van der Waals surface area (Å²) in [5, 5.41) is 0. The lowest BCUT2D eigenvalue weighted by molar-refractivity contribution is 0.0702. The van der Waals surface area contributed by atoms with Gasteiger partial charge in [-0.25, -0.2) is 4.79 Å². The van der Waals surface area contributed by atoms with Gasteiger partial charge in [-0.3, -0.25) is 0 Å². The summed E-state index contributed by atoms with van der Waals surface area (Å²) in [5.74, 6) is 0.228. The fraction of sp³-hybridized carbons (Fsp3) is 0.312. The number of benzene rings is 1. The molecule has 0 saturated carbocycles. The molecule has 2 rings (SSSR count). The molecule has 2 N–H and O–H groups in total. The van der Waals surface area contributed by atoms with Crippen molar-refractivity contribution >= 4 is 11.9 Å². The smallest absolute Gasteiger partial charge is 0.379 e. The molecular formula is C16H19NO3. The van der Waals surface area contributed by atoms with Crippen molar-refractivity contribution in [3.63, 3.8) is 0 Å².